The van der Waals surface area contributed by atoms with Gasteiger partial charge in [-0.25, -0.2) is 0 Å². The van der Waals surface area contributed by atoms with Gasteiger partial charge in [-0.1, -0.05) is 59.7 Å². The van der Waals surface area contributed by atoms with Gasteiger partial charge in [-0.05, 0) is 12.1 Å². The Hall–Kier alpha value is -1.12. The number of benzene rings is 2. The topological polar surface area (TPSA) is 46.1 Å². The molecule has 2 nitrogen and oxygen atoms in total. The largest absolute Gasteiger partial charge is 2.00 e. The van der Waals surface area contributed by atoms with Crippen molar-refractivity contribution in [1.29, 1.82) is 0 Å². The Balaban J connectivity index is 0.00000128. The molecular formula is C12H8NiO2S. The second kappa shape index (κ2) is 5.83. The zero-order chi connectivity index (χ0) is 10.7. The standard InChI is InChI=1S/C12H10O2S.Ni/c13-9-5-1-3-7-11(9)15-12-8-4-2-6-10(12)14;/h1-8,13-14H;/q;+2/p-2. The van der Waals surface area contributed by atoms with Gasteiger partial charge in [0.15, 0.2) is 0 Å². The Morgan fingerprint density at radius 3 is 1.44 bits per heavy atom. The first kappa shape index (κ1) is 13.0. The predicted octanol–water partition coefficient (Wildman–Crippen LogP) is 1.98. The number of rotatable bonds is 2. The zero-order valence-electron chi connectivity index (χ0n) is 8.16. The Kier molecular flexibility index (Phi) is 4.72. The van der Waals surface area contributed by atoms with Crippen molar-refractivity contribution in [3.8, 4) is 11.5 Å². The van der Waals surface area contributed by atoms with Crippen LogP contribution in [0.2, 0.25) is 0 Å². The number of hydrogen-bond acceptors (Lipinski definition) is 3. The maximum Gasteiger partial charge on any atom is 2.00 e. The molecule has 0 atom stereocenters. The Bertz CT molecular complexity index is 431. The fourth-order valence-corrected chi connectivity index (χ4v) is 2.05. The quantitative estimate of drug-likeness (QED) is 0.787. The van der Waals surface area contributed by atoms with Gasteiger partial charge in [-0.15, -0.1) is 0 Å². The van der Waals surface area contributed by atoms with Gasteiger partial charge in [-0.2, -0.15) is 0 Å². The van der Waals surface area contributed by atoms with E-state index in [9.17, 15) is 10.2 Å². The molecule has 4 heteroatoms. The predicted molar refractivity (Wildman–Crippen MR) is 55.9 cm³/mol. The van der Waals surface area contributed by atoms with Crippen LogP contribution in [0.5, 0.6) is 11.5 Å². The van der Waals surface area contributed by atoms with Gasteiger partial charge in [0.1, 0.15) is 0 Å². The summed E-state index contributed by atoms with van der Waals surface area (Å²) in [7, 11) is 0. The molecule has 0 bridgehead atoms. The first-order valence-corrected chi connectivity index (χ1v) is 5.29. The average Bonchev–Trinajstić information content (AvgIpc) is 2.24. The van der Waals surface area contributed by atoms with Gasteiger partial charge in [0.2, 0.25) is 0 Å². The Morgan fingerprint density at radius 2 is 1.06 bits per heavy atom. The minimum absolute atomic E-state index is 0. The second-order valence-corrected chi connectivity index (χ2v) is 4.08. The molecule has 0 fully saturated rings. The molecular weight excluding hydrogens is 267 g/mol. The molecule has 0 spiro atoms. The van der Waals surface area contributed by atoms with Crippen molar-refractivity contribution in [3.63, 3.8) is 0 Å². The van der Waals surface area contributed by atoms with Gasteiger partial charge in [0, 0.05) is 9.79 Å². The smallest absolute Gasteiger partial charge is 0.872 e. The van der Waals surface area contributed by atoms with E-state index in [0.717, 1.165) is 0 Å². The van der Waals surface area contributed by atoms with Gasteiger partial charge >= 0.3 is 16.5 Å². The normalized spacial score (nSPS) is 9.50. The fourth-order valence-electron chi connectivity index (χ4n) is 1.19. The van der Waals surface area contributed by atoms with Crippen molar-refractivity contribution in [2.24, 2.45) is 0 Å². The maximum atomic E-state index is 11.4. The van der Waals surface area contributed by atoms with E-state index in [1.165, 1.54) is 23.9 Å². The van der Waals surface area contributed by atoms with E-state index in [1.54, 1.807) is 36.4 Å². The molecule has 0 aliphatic carbocycles. The van der Waals surface area contributed by atoms with Crippen molar-refractivity contribution >= 4 is 11.8 Å². The van der Waals surface area contributed by atoms with Crippen LogP contribution in [0.4, 0.5) is 0 Å². The molecule has 0 N–H and O–H groups in total. The van der Waals surface area contributed by atoms with Crippen LogP contribution in [0.15, 0.2) is 58.3 Å². The summed E-state index contributed by atoms with van der Waals surface area (Å²) in [4.78, 5) is 1.17. The SMILES string of the molecule is [Ni+2].[O-]c1ccccc1Sc1ccccc1[O-]. The monoisotopic (exact) mass is 274 g/mol. The van der Waals surface area contributed by atoms with E-state index >= 15 is 0 Å². The zero-order valence-corrected chi connectivity index (χ0v) is 9.96. The summed E-state index contributed by atoms with van der Waals surface area (Å²) in [6.07, 6.45) is 0. The molecule has 0 unspecified atom stereocenters. The van der Waals surface area contributed by atoms with E-state index in [1.807, 2.05) is 0 Å². The summed E-state index contributed by atoms with van der Waals surface area (Å²) in [5.74, 6) is -0.100. The maximum absolute atomic E-state index is 11.4. The van der Waals surface area contributed by atoms with E-state index in [0.29, 0.717) is 9.79 Å². The van der Waals surface area contributed by atoms with E-state index in [4.69, 9.17) is 0 Å². The third kappa shape index (κ3) is 2.94. The summed E-state index contributed by atoms with van der Waals surface area (Å²) in [6, 6.07) is 13.4. The molecule has 0 aliphatic rings. The van der Waals surface area contributed by atoms with Crippen LogP contribution in [-0.4, -0.2) is 0 Å². The molecule has 0 heterocycles. The third-order valence-electron chi connectivity index (χ3n) is 1.92. The van der Waals surface area contributed by atoms with Crippen LogP contribution in [0.3, 0.4) is 0 Å². The minimum Gasteiger partial charge on any atom is -0.872 e. The van der Waals surface area contributed by atoms with E-state index in [2.05, 4.69) is 0 Å². The van der Waals surface area contributed by atoms with Gasteiger partial charge in [0.25, 0.3) is 0 Å². The summed E-state index contributed by atoms with van der Waals surface area (Å²) in [5.41, 5.74) is 0. The van der Waals surface area contributed by atoms with Gasteiger partial charge < -0.3 is 10.2 Å². The molecule has 2 aromatic carbocycles. The fraction of sp³-hybridized carbons (Fsp3) is 0. The van der Waals surface area contributed by atoms with Gasteiger partial charge in [0.05, 0.1) is 0 Å². The molecule has 0 aliphatic heterocycles. The minimum atomic E-state index is -0.0502. The first-order valence-electron chi connectivity index (χ1n) is 4.47. The summed E-state index contributed by atoms with van der Waals surface area (Å²) in [5, 5.41) is 22.8. The first-order chi connectivity index (χ1) is 7.27. The second-order valence-electron chi connectivity index (χ2n) is 3.00. The molecule has 0 saturated carbocycles. The molecule has 2 aromatic rings. The molecule has 0 saturated heterocycles. The summed E-state index contributed by atoms with van der Waals surface area (Å²) >= 11 is 1.22. The van der Waals surface area contributed by atoms with E-state index in [-0.39, 0.29) is 28.0 Å². The van der Waals surface area contributed by atoms with E-state index < -0.39 is 0 Å². The van der Waals surface area contributed by atoms with Crippen LogP contribution in [0.1, 0.15) is 0 Å². The number of para-hydroxylation sites is 2. The molecule has 0 amide bonds. The van der Waals surface area contributed by atoms with Crippen LogP contribution < -0.4 is 10.2 Å². The van der Waals surface area contributed by atoms with Crippen LogP contribution in [0.25, 0.3) is 0 Å². The third-order valence-corrected chi connectivity index (χ3v) is 3.03. The van der Waals surface area contributed by atoms with Crippen molar-refractivity contribution in [3.05, 3.63) is 48.5 Å². The molecule has 84 valence electrons. The van der Waals surface area contributed by atoms with Gasteiger partial charge in [-0.3, -0.25) is 0 Å². The molecule has 0 aromatic heterocycles. The van der Waals surface area contributed by atoms with Crippen molar-refractivity contribution in [1.82, 2.24) is 0 Å². The summed E-state index contributed by atoms with van der Waals surface area (Å²) < 4.78 is 0. The van der Waals surface area contributed by atoms with Crippen LogP contribution >= 0.6 is 11.8 Å². The Morgan fingerprint density at radius 1 is 0.688 bits per heavy atom. The number of hydrogen-bond donors (Lipinski definition) is 0. The van der Waals surface area contributed by atoms with Crippen molar-refractivity contribution < 1.29 is 26.7 Å². The van der Waals surface area contributed by atoms with Crippen molar-refractivity contribution in [2.45, 2.75) is 9.79 Å². The van der Waals surface area contributed by atoms with Crippen LogP contribution in [0, 0.1) is 0 Å². The van der Waals surface area contributed by atoms with Crippen LogP contribution in [-0.2, 0) is 16.5 Å². The molecule has 16 heavy (non-hydrogen) atoms. The average molecular weight is 275 g/mol. The molecule has 2 rings (SSSR count). The van der Waals surface area contributed by atoms with Crippen molar-refractivity contribution in [2.75, 3.05) is 0 Å². The Labute approximate surface area is 108 Å². The summed E-state index contributed by atoms with van der Waals surface area (Å²) in [6.45, 7) is 0. The molecule has 0 radical (unpaired) electrons.